The first kappa shape index (κ1) is 12.8. The third-order valence-electron chi connectivity index (χ3n) is 3.58. The molecule has 1 amide bonds. The van der Waals surface area contributed by atoms with Gasteiger partial charge in [-0.2, -0.15) is 5.10 Å². The van der Waals surface area contributed by atoms with Crippen molar-refractivity contribution in [2.45, 2.75) is 18.9 Å². The fraction of sp³-hybridized carbons (Fsp3) is 0.357. The molecule has 2 heterocycles. The molecule has 3 rings (SSSR count). The van der Waals surface area contributed by atoms with Crippen LogP contribution < -0.4 is 11.1 Å². The first-order chi connectivity index (χ1) is 9.75. The average Bonchev–Trinajstić information content (AvgIpc) is 3.22. The van der Waals surface area contributed by atoms with Crippen molar-refractivity contribution < 1.29 is 4.79 Å². The van der Waals surface area contributed by atoms with Crippen molar-refractivity contribution in [2.75, 3.05) is 6.54 Å². The van der Waals surface area contributed by atoms with Crippen molar-refractivity contribution >= 4 is 5.91 Å². The Hall–Kier alpha value is -2.21. The number of amides is 1. The summed E-state index contributed by atoms with van der Waals surface area (Å²) in [6.07, 6.45) is 7.36. The molecule has 1 aliphatic carbocycles. The fourth-order valence-corrected chi connectivity index (χ4v) is 2.20. The number of pyridine rings is 1. The molecule has 0 bridgehead atoms. The van der Waals surface area contributed by atoms with Gasteiger partial charge >= 0.3 is 0 Å². The molecule has 1 unspecified atom stereocenters. The second-order valence-corrected chi connectivity index (χ2v) is 5.11. The van der Waals surface area contributed by atoms with E-state index in [9.17, 15) is 4.79 Å². The van der Waals surface area contributed by atoms with Crippen LogP contribution in [0.4, 0.5) is 0 Å². The SMILES string of the molecule is NC(CNC(=O)c1[nH]ncc1-c1ccncc1)C1CC1. The van der Waals surface area contributed by atoms with Crippen molar-refractivity contribution in [3.63, 3.8) is 0 Å². The van der Waals surface area contributed by atoms with Crippen LogP contribution in [-0.2, 0) is 0 Å². The highest BCUT2D eigenvalue weighted by Crippen LogP contribution is 2.31. The van der Waals surface area contributed by atoms with Gasteiger partial charge in [-0.1, -0.05) is 0 Å². The Balaban J connectivity index is 1.70. The molecule has 0 aliphatic heterocycles. The van der Waals surface area contributed by atoms with Gasteiger partial charge < -0.3 is 11.1 Å². The number of rotatable bonds is 5. The standard InChI is InChI=1S/C14H17N5O/c15-12(10-1-2-10)8-17-14(20)13-11(7-18-19-13)9-3-5-16-6-4-9/h3-7,10,12H,1-2,8,15H2,(H,17,20)(H,18,19). The number of nitrogens with zero attached hydrogens (tertiary/aromatic N) is 2. The van der Waals surface area contributed by atoms with Gasteiger partial charge in [-0.15, -0.1) is 0 Å². The number of hydrogen-bond acceptors (Lipinski definition) is 4. The summed E-state index contributed by atoms with van der Waals surface area (Å²) < 4.78 is 0. The Kier molecular flexibility index (Phi) is 3.47. The lowest BCUT2D eigenvalue weighted by atomic mass is 10.1. The van der Waals surface area contributed by atoms with Gasteiger partial charge in [0.25, 0.3) is 5.91 Å². The normalized spacial score (nSPS) is 15.8. The van der Waals surface area contributed by atoms with Crippen LogP contribution >= 0.6 is 0 Å². The molecule has 6 heteroatoms. The van der Waals surface area contributed by atoms with Gasteiger partial charge in [-0.05, 0) is 36.5 Å². The Bertz CT molecular complexity index is 591. The molecule has 0 radical (unpaired) electrons. The van der Waals surface area contributed by atoms with Gasteiger partial charge in [-0.3, -0.25) is 14.9 Å². The van der Waals surface area contributed by atoms with E-state index in [1.54, 1.807) is 18.6 Å². The molecule has 1 aliphatic rings. The van der Waals surface area contributed by atoms with E-state index in [-0.39, 0.29) is 11.9 Å². The number of carbonyl (C=O) groups is 1. The maximum Gasteiger partial charge on any atom is 0.269 e. The second-order valence-electron chi connectivity index (χ2n) is 5.11. The Morgan fingerprint density at radius 2 is 2.20 bits per heavy atom. The Morgan fingerprint density at radius 1 is 1.45 bits per heavy atom. The first-order valence-electron chi connectivity index (χ1n) is 6.73. The molecule has 0 spiro atoms. The molecular weight excluding hydrogens is 254 g/mol. The largest absolute Gasteiger partial charge is 0.349 e. The van der Waals surface area contributed by atoms with Crippen LogP contribution in [0.25, 0.3) is 11.1 Å². The quantitative estimate of drug-likeness (QED) is 0.754. The van der Waals surface area contributed by atoms with Gasteiger partial charge in [-0.25, -0.2) is 0 Å². The molecular formula is C14H17N5O. The zero-order chi connectivity index (χ0) is 13.9. The summed E-state index contributed by atoms with van der Waals surface area (Å²) in [6, 6.07) is 3.74. The van der Waals surface area contributed by atoms with E-state index < -0.39 is 0 Å². The van der Waals surface area contributed by atoms with Crippen molar-refractivity contribution in [1.29, 1.82) is 0 Å². The zero-order valence-electron chi connectivity index (χ0n) is 11.0. The van der Waals surface area contributed by atoms with Crippen LogP contribution in [0.15, 0.2) is 30.7 Å². The molecule has 1 saturated carbocycles. The molecule has 104 valence electrons. The lowest BCUT2D eigenvalue weighted by molar-refractivity contribution is 0.0946. The summed E-state index contributed by atoms with van der Waals surface area (Å²) in [4.78, 5) is 16.2. The van der Waals surface area contributed by atoms with E-state index in [0.717, 1.165) is 11.1 Å². The minimum Gasteiger partial charge on any atom is -0.349 e. The van der Waals surface area contributed by atoms with Crippen molar-refractivity contribution in [2.24, 2.45) is 11.7 Å². The summed E-state index contributed by atoms with van der Waals surface area (Å²) >= 11 is 0. The summed E-state index contributed by atoms with van der Waals surface area (Å²) in [5.41, 5.74) is 8.11. The summed E-state index contributed by atoms with van der Waals surface area (Å²) in [5.74, 6) is 0.391. The Labute approximate surface area is 116 Å². The molecule has 1 atom stereocenters. The number of H-pyrrole nitrogens is 1. The molecule has 2 aromatic rings. The predicted octanol–water partition coefficient (Wildman–Crippen LogP) is 0.939. The number of nitrogens with two attached hydrogens (primary N) is 1. The molecule has 1 fully saturated rings. The molecule has 20 heavy (non-hydrogen) atoms. The van der Waals surface area contributed by atoms with Crippen LogP contribution in [0.1, 0.15) is 23.3 Å². The van der Waals surface area contributed by atoms with Crippen molar-refractivity contribution in [1.82, 2.24) is 20.5 Å². The number of aromatic amines is 1. The summed E-state index contributed by atoms with van der Waals surface area (Å²) in [7, 11) is 0. The highest BCUT2D eigenvalue weighted by Gasteiger charge is 2.28. The van der Waals surface area contributed by atoms with E-state index in [1.807, 2.05) is 12.1 Å². The monoisotopic (exact) mass is 271 g/mol. The fourth-order valence-electron chi connectivity index (χ4n) is 2.20. The average molecular weight is 271 g/mol. The van der Waals surface area contributed by atoms with Gasteiger partial charge in [0, 0.05) is 30.5 Å². The van der Waals surface area contributed by atoms with Gasteiger partial charge in [0.05, 0.1) is 6.20 Å². The smallest absolute Gasteiger partial charge is 0.269 e. The molecule has 6 nitrogen and oxygen atoms in total. The second kappa shape index (κ2) is 5.42. The van der Waals surface area contributed by atoms with Gasteiger partial charge in [0.2, 0.25) is 0 Å². The number of aromatic nitrogens is 3. The van der Waals surface area contributed by atoms with Crippen LogP contribution in [0.2, 0.25) is 0 Å². The lowest BCUT2D eigenvalue weighted by Gasteiger charge is -2.11. The highest BCUT2D eigenvalue weighted by atomic mass is 16.1. The zero-order valence-corrected chi connectivity index (χ0v) is 11.0. The maximum absolute atomic E-state index is 12.2. The molecule has 0 saturated heterocycles. The minimum atomic E-state index is -0.176. The highest BCUT2D eigenvalue weighted by molar-refractivity contribution is 5.98. The maximum atomic E-state index is 12.2. The van der Waals surface area contributed by atoms with Crippen LogP contribution in [0.3, 0.4) is 0 Å². The van der Waals surface area contributed by atoms with E-state index in [4.69, 9.17) is 5.73 Å². The van der Waals surface area contributed by atoms with Crippen LogP contribution in [0, 0.1) is 5.92 Å². The van der Waals surface area contributed by atoms with Gasteiger partial charge in [0.1, 0.15) is 5.69 Å². The first-order valence-corrected chi connectivity index (χ1v) is 6.73. The van der Waals surface area contributed by atoms with Crippen molar-refractivity contribution in [3.8, 4) is 11.1 Å². The summed E-state index contributed by atoms with van der Waals surface area (Å²) in [6.45, 7) is 0.498. The van der Waals surface area contributed by atoms with E-state index in [1.165, 1.54) is 12.8 Å². The van der Waals surface area contributed by atoms with Crippen molar-refractivity contribution in [3.05, 3.63) is 36.4 Å². The third-order valence-corrected chi connectivity index (χ3v) is 3.58. The van der Waals surface area contributed by atoms with Gasteiger partial charge in [0.15, 0.2) is 0 Å². The van der Waals surface area contributed by atoms with E-state index >= 15 is 0 Å². The van der Waals surface area contributed by atoms with Crippen LogP contribution in [0.5, 0.6) is 0 Å². The lowest BCUT2D eigenvalue weighted by Crippen LogP contribution is -2.38. The molecule has 4 N–H and O–H groups in total. The predicted molar refractivity (Wildman–Crippen MR) is 74.9 cm³/mol. The van der Waals surface area contributed by atoms with E-state index in [2.05, 4.69) is 20.5 Å². The number of hydrogen-bond donors (Lipinski definition) is 3. The Morgan fingerprint density at radius 3 is 2.90 bits per heavy atom. The minimum absolute atomic E-state index is 0.0475. The van der Waals surface area contributed by atoms with Crippen LogP contribution in [-0.4, -0.2) is 33.7 Å². The number of carbonyl (C=O) groups excluding carboxylic acids is 1. The van der Waals surface area contributed by atoms with E-state index in [0.29, 0.717) is 18.2 Å². The molecule has 2 aromatic heterocycles. The topological polar surface area (TPSA) is 96.7 Å². The number of nitrogens with one attached hydrogen (secondary N) is 2. The summed E-state index contributed by atoms with van der Waals surface area (Å²) in [5, 5.41) is 9.57. The molecule has 0 aromatic carbocycles. The third kappa shape index (κ3) is 2.70.